The van der Waals surface area contributed by atoms with E-state index in [1.54, 1.807) is 0 Å². The molecule has 17 nitrogen and oxygen atoms in total. The Morgan fingerprint density at radius 3 is 2.42 bits per heavy atom. The van der Waals surface area contributed by atoms with Crippen molar-refractivity contribution in [3.63, 3.8) is 0 Å². The largest absolute Gasteiger partial charge is 0.490 e. The van der Waals surface area contributed by atoms with Crippen molar-refractivity contribution >= 4 is 29.3 Å². The van der Waals surface area contributed by atoms with Gasteiger partial charge in [-0.3, -0.25) is 9.09 Å². The van der Waals surface area contributed by atoms with Crippen LogP contribution in [0.5, 0.6) is 0 Å². The van der Waals surface area contributed by atoms with Crippen LogP contribution in [0.2, 0.25) is 0 Å². The Kier molecular flexibility index (Phi) is 8.06. The number of hydrogen-bond donors (Lipinski definition) is 7. The van der Waals surface area contributed by atoms with E-state index in [-0.39, 0.29) is 0 Å². The van der Waals surface area contributed by atoms with E-state index in [4.69, 9.17) is 30.9 Å². The van der Waals surface area contributed by atoms with Gasteiger partial charge in [0.1, 0.15) is 12.2 Å². The molecular weight excluding hydrogens is 520 g/mol. The second-order valence-electron chi connectivity index (χ2n) is 6.33. The summed E-state index contributed by atoms with van der Waals surface area (Å²) in [5.41, 5.74) is 7.99. The van der Waals surface area contributed by atoms with Crippen LogP contribution >= 0.6 is 23.5 Å². The van der Waals surface area contributed by atoms with Crippen LogP contribution in [-0.4, -0.2) is 58.6 Å². The van der Waals surface area contributed by atoms with Crippen LogP contribution in [0, 0.1) is 17.7 Å². The van der Waals surface area contributed by atoms with Gasteiger partial charge in [-0.25, -0.2) is 22.9 Å². The number of nitrogen functional groups attached to an aromatic ring is 1. The standard InChI is InChI=1S/C12H18FN4O13P3/c1-2-3-12(15)8(18)7(28-10(12)17-4-6(13)9(14)16-11(17)19)5-27-32(23,24)30-33(25,26)29-31(20,21)22/h4,7-8,10,18H,5,15H2,1H3,(H,23,24)(H,25,26)(H2,14,16,19)(H2,20,21,22)/t7-,8+,10-,12?/m1/s1. The Balaban J connectivity index is 2.27. The van der Waals surface area contributed by atoms with Gasteiger partial charge >= 0.3 is 29.2 Å². The van der Waals surface area contributed by atoms with Crippen molar-refractivity contribution in [2.45, 2.75) is 30.9 Å². The molecule has 1 saturated heterocycles. The van der Waals surface area contributed by atoms with Crippen LogP contribution in [0.4, 0.5) is 10.2 Å². The average Bonchev–Trinajstić information content (AvgIpc) is 2.85. The fourth-order valence-corrected chi connectivity index (χ4v) is 5.71. The summed E-state index contributed by atoms with van der Waals surface area (Å²) in [6, 6.07) is 0. The fourth-order valence-electron chi connectivity index (χ4n) is 2.68. The summed E-state index contributed by atoms with van der Waals surface area (Å²) in [6.07, 6.45) is -4.68. The lowest BCUT2D eigenvalue weighted by Gasteiger charge is -2.27. The first-order chi connectivity index (χ1) is 14.9. The Morgan fingerprint density at radius 2 is 1.88 bits per heavy atom. The van der Waals surface area contributed by atoms with E-state index in [2.05, 4.69) is 30.0 Å². The van der Waals surface area contributed by atoms with E-state index >= 15 is 0 Å². The summed E-state index contributed by atoms with van der Waals surface area (Å²) in [6.45, 7) is 0.202. The van der Waals surface area contributed by atoms with Crippen LogP contribution in [0.3, 0.4) is 0 Å². The number of anilines is 1. The second kappa shape index (κ2) is 9.61. The van der Waals surface area contributed by atoms with Gasteiger partial charge in [-0.1, -0.05) is 5.92 Å². The molecule has 186 valence electrons. The highest BCUT2D eigenvalue weighted by Crippen LogP contribution is 2.66. The number of phosphoric ester groups is 1. The minimum Gasteiger partial charge on any atom is -0.387 e. The summed E-state index contributed by atoms with van der Waals surface area (Å²) < 4.78 is 65.1. The first kappa shape index (κ1) is 27.7. The smallest absolute Gasteiger partial charge is 0.387 e. The Bertz CT molecular complexity index is 1180. The third kappa shape index (κ3) is 6.75. The monoisotopic (exact) mass is 538 g/mol. The summed E-state index contributed by atoms with van der Waals surface area (Å²) in [7, 11) is -16.9. The van der Waals surface area contributed by atoms with Gasteiger partial charge in [0.05, 0.1) is 12.8 Å². The molecule has 0 aromatic carbocycles. The van der Waals surface area contributed by atoms with E-state index in [1.807, 2.05) is 0 Å². The molecule has 2 heterocycles. The Labute approximate surface area is 183 Å². The van der Waals surface area contributed by atoms with Gasteiger partial charge in [0.25, 0.3) is 0 Å². The second-order valence-corrected chi connectivity index (χ2v) is 10.8. The van der Waals surface area contributed by atoms with Gasteiger partial charge in [-0.2, -0.15) is 13.6 Å². The molecule has 1 fully saturated rings. The van der Waals surface area contributed by atoms with E-state index in [9.17, 15) is 32.9 Å². The van der Waals surface area contributed by atoms with E-state index in [1.165, 1.54) is 6.92 Å². The minimum atomic E-state index is -5.78. The highest BCUT2D eigenvalue weighted by atomic mass is 31.3. The zero-order valence-electron chi connectivity index (χ0n) is 16.3. The number of hydrogen-bond acceptors (Lipinski definition) is 12. The lowest BCUT2D eigenvalue weighted by molar-refractivity contribution is -0.0470. The SMILES string of the molecule is CC#CC1(N)[C@@H](O)[C@@H](COP(=O)(O)OP(=O)(O)OP(=O)(O)O)O[C@H]1n1cc(F)c(N)nc1=O. The normalized spacial score (nSPS) is 29.0. The minimum absolute atomic E-state index is 0.518. The number of ether oxygens (including phenoxy) is 1. The first-order valence-corrected chi connectivity index (χ1v) is 12.8. The predicted octanol–water partition coefficient (Wildman–Crippen LogP) is -1.71. The van der Waals surface area contributed by atoms with Crippen molar-refractivity contribution in [2.75, 3.05) is 12.3 Å². The molecule has 1 aliphatic rings. The highest BCUT2D eigenvalue weighted by Gasteiger charge is 2.55. The van der Waals surface area contributed by atoms with Crippen LogP contribution in [0.15, 0.2) is 11.0 Å². The van der Waals surface area contributed by atoms with Gasteiger partial charge in [-0.05, 0) is 6.92 Å². The molecule has 1 aromatic heterocycles. The van der Waals surface area contributed by atoms with E-state index in [0.717, 1.165) is 0 Å². The lowest BCUT2D eigenvalue weighted by Crippen LogP contribution is -2.55. The summed E-state index contributed by atoms with van der Waals surface area (Å²) in [4.78, 5) is 51.1. The average molecular weight is 538 g/mol. The van der Waals surface area contributed by atoms with Crippen molar-refractivity contribution in [3.05, 3.63) is 22.5 Å². The van der Waals surface area contributed by atoms with Crippen LogP contribution in [-0.2, 0) is 31.6 Å². The first-order valence-electron chi connectivity index (χ1n) is 8.29. The number of aliphatic hydroxyl groups excluding tert-OH is 1. The lowest BCUT2D eigenvalue weighted by atomic mass is 9.91. The number of rotatable bonds is 8. The number of nitrogens with two attached hydrogens (primary N) is 2. The zero-order chi connectivity index (χ0) is 25.4. The molecule has 9 N–H and O–H groups in total. The quantitative estimate of drug-likeness (QED) is 0.143. The third-order valence-electron chi connectivity index (χ3n) is 3.90. The topological polar surface area (TPSA) is 276 Å². The molecule has 1 aromatic rings. The maximum atomic E-state index is 13.9. The molecule has 0 bridgehead atoms. The Morgan fingerprint density at radius 1 is 1.27 bits per heavy atom. The van der Waals surface area contributed by atoms with Gasteiger partial charge in [0.2, 0.25) is 0 Å². The predicted molar refractivity (Wildman–Crippen MR) is 103 cm³/mol. The summed E-state index contributed by atoms with van der Waals surface area (Å²) >= 11 is 0. The van der Waals surface area contributed by atoms with Crippen molar-refractivity contribution < 1.29 is 60.6 Å². The maximum Gasteiger partial charge on any atom is 0.490 e. The van der Waals surface area contributed by atoms with Crippen molar-refractivity contribution in [1.29, 1.82) is 0 Å². The van der Waals surface area contributed by atoms with Gasteiger partial charge in [0, 0.05) is 0 Å². The number of halogens is 1. The van der Waals surface area contributed by atoms with Crippen LogP contribution in [0.25, 0.3) is 0 Å². The number of aromatic nitrogens is 2. The molecule has 0 saturated carbocycles. The molecule has 0 radical (unpaired) electrons. The summed E-state index contributed by atoms with van der Waals surface area (Å²) in [5, 5.41) is 10.5. The van der Waals surface area contributed by atoms with Crippen LogP contribution in [0.1, 0.15) is 13.2 Å². The van der Waals surface area contributed by atoms with Gasteiger partial charge < -0.3 is 40.9 Å². The van der Waals surface area contributed by atoms with Gasteiger partial charge in [-0.15, -0.1) is 5.92 Å². The molecule has 1 aliphatic heterocycles. The van der Waals surface area contributed by atoms with Crippen molar-refractivity contribution in [2.24, 2.45) is 5.73 Å². The Hall–Kier alpha value is -1.54. The number of aliphatic hydroxyl groups is 1. The van der Waals surface area contributed by atoms with E-state index < -0.39 is 71.4 Å². The van der Waals surface area contributed by atoms with Crippen molar-refractivity contribution in [1.82, 2.24) is 9.55 Å². The molecule has 0 aliphatic carbocycles. The molecule has 2 rings (SSSR count). The number of phosphoric acid groups is 3. The zero-order valence-corrected chi connectivity index (χ0v) is 19.0. The molecule has 3 unspecified atom stereocenters. The number of nitrogens with zero attached hydrogens (tertiary/aromatic N) is 2. The van der Waals surface area contributed by atoms with Gasteiger partial charge in [0.15, 0.2) is 23.4 Å². The maximum absolute atomic E-state index is 13.9. The molecule has 0 amide bonds. The van der Waals surface area contributed by atoms with E-state index in [0.29, 0.717) is 10.8 Å². The molecule has 0 spiro atoms. The summed E-state index contributed by atoms with van der Waals surface area (Å²) in [5.74, 6) is 2.87. The fraction of sp³-hybridized carbons (Fsp3) is 0.500. The molecule has 33 heavy (non-hydrogen) atoms. The highest BCUT2D eigenvalue weighted by molar-refractivity contribution is 7.66. The molecule has 21 heteroatoms. The molecule has 6 atom stereocenters. The molecular formula is C12H18FN4O13P3. The third-order valence-corrected chi connectivity index (χ3v) is 7.70. The van der Waals surface area contributed by atoms with Crippen LogP contribution < -0.4 is 17.2 Å². The van der Waals surface area contributed by atoms with Crippen molar-refractivity contribution in [3.8, 4) is 11.8 Å².